The first-order valence-electron chi connectivity index (χ1n) is 14.4. The Hall–Kier alpha value is -2.31. The van der Waals surface area contributed by atoms with Gasteiger partial charge in [0.15, 0.2) is 5.78 Å². The van der Waals surface area contributed by atoms with Gasteiger partial charge in [0.05, 0.1) is 11.1 Å². The summed E-state index contributed by atoms with van der Waals surface area (Å²) in [6.45, 7) is 5.45. The van der Waals surface area contributed by atoms with Crippen molar-refractivity contribution in [3.05, 3.63) is 47.2 Å². The Bertz CT molecular complexity index is 1170. The van der Waals surface area contributed by atoms with Crippen LogP contribution in [0.5, 0.6) is 0 Å². The van der Waals surface area contributed by atoms with Crippen molar-refractivity contribution >= 4 is 11.7 Å². The van der Waals surface area contributed by atoms with Gasteiger partial charge in [-0.25, -0.2) is 0 Å². The van der Waals surface area contributed by atoms with E-state index < -0.39 is 17.3 Å². The number of allylic oxidation sites excluding steroid dienone is 2. The van der Waals surface area contributed by atoms with Crippen LogP contribution in [0.2, 0.25) is 0 Å². The van der Waals surface area contributed by atoms with Crippen LogP contribution in [0.25, 0.3) is 0 Å². The largest absolute Gasteiger partial charge is 0.416 e. The molecule has 4 nitrogen and oxygen atoms in total. The zero-order chi connectivity index (χ0) is 26.9. The summed E-state index contributed by atoms with van der Waals surface area (Å²) in [5, 5.41) is 6.97. The van der Waals surface area contributed by atoms with E-state index in [0.29, 0.717) is 42.6 Å². The van der Waals surface area contributed by atoms with E-state index in [2.05, 4.69) is 24.5 Å². The number of halogens is 3. The smallest absolute Gasteiger partial charge is 0.387 e. The number of alkyl halides is 3. The molecule has 1 saturated heterocycles. The van der Waals surface area contributed by atoms with E-state index in [9.17, 15) is 22.8 Å². The molecule has 38 heavy (non-hydrogen) atoms. The molecule has 1 aromatic rings. The predicted molar refractivity (Wildman–Crippen MR) is 139 cm³/mol. The van der Waals surface area contributed by atoms with E-state index in [0.717, 1.165) is 63.3 Å². The summed E-state index contributed by atoms with van der Waals surface area (Å²) in [6.07, 6.45) is 5.91. The third kappa shape index (κ3) is 3.93. The van der Waals surface area contributed by atoms with Crippen LogP contribution in [0.3, 0.4) is 0 Å². The molecular formula is C31H39F3N2O2. The van der Waals surface area contributed by atoms with Gasteiger partial charge in [-0.15, -0.1) is 0 Å². The Morgan fingerprint density at radius 2 is 1.79 bits per heavy atom. The highest BCUT2D eigenvalue weighted by molar-refractivity contribution is 5.91. The third-order valence-corrected chi connectivity index (χ3v) is 11.5. The van der Waals surface area contributed by atoms with E-state index in [1.807, 2.05) is 6.08 Å². The van der Waals surface area contributed by atoms with Crippen molar-refractivity contribution in [2.24, 2.45) is 34.5 Å². The molecule has 0 spiro atoms. The lowest BCUT2D eigenvalue weighted by Gasteiger charge is -2.58. The molecule has 1 unspecified atom stereocenters. The molecule has 1 heterocycles. The highest BCUT2D eigenvalue weighted by Gasteiger charge is 2.61. The van der Waals surface area contributed by atoms with E-state index in [1.54, 1.807) is 6.07 Å². The number of hydrogen-bond acceptors (Lipinski definition) is 3. The first-order chi connectivity index (χ1) is 18.0. The summed E-state index contributed by atoms with van der Waals surface area (Å²) >= 11 is 0. The van der Waals surface area contributed by atoms with Gasteiger partial charge >= 0.3 is 6.18 Å². The molecule has 0 aromatic heterocycles. The fraction of sp³-hybridized carbons (Fsp3) is 0.677. The average Bonchev–Trinajstić information content (AvgIpc) is 3.49. The summed E-state index contributed by atoms with van der Waals surface area (Å²) in [5.74, 6) is 1.50. The number of hydrogen-bond donors (Lipinski definition) is 2. The van der Waals surface area contributed by atoms with E-state index >= 15 is 0 Å². The molecule has 3 saturated carbocycles. The second-order valence-corrected chi connectivity index (χ2v) is 13.2. The highest BCUT2D eigenvalue weighted by Crippen LogP contribution is 2.64. The number of carbonyl (C=O) groups excluding carboxylic acids is 2. The lowest BCUT2D eigenvalue weighted by molar-refractivity contribution is -0.137. The Morgan fingerprint density at radius 1 is 1.03 bits per heavy atom. The molecule has 5 aliphatic rings. The number of nitrogens with one attached hydrogen (secondary N) is 2. The van der Waals surface area contributed by atoms with Gasteiger partial charge in [0, 0.05) is 36.1 Å². The molecule has 1 amide bonds. The number of carbonyl (C=O) groups is 2. The van der Waals surface area contributed by atoms with Crippen LogP contribution in [0, 0.1) is 34.5 Å². The van der Waals surface area contributed by atoms with Crippen molar-refractivity contribution in [3.8, 4) is 0 Å². The van der Waals surface area contributed by atoms with Gasteiger partial charge in [-0.1, -0.05) is 38.8 Å². The minimum Gasteiger partial charge on any atom is -0.387 e. The zero-order valence-corrected chi connectivity index (χ0v) is 22.4. The molecular weight excluding hydrogens is 489 g/mol. The number of fused-ring (bicyclic) bond motifs is 5. The topological polar surface area (TPSA) is 58.2 Å². The van der Waals surface area contributed by atoms with Crippen LogP contribution < -0.4 is 10.6 Å². The van der Waals surface area contributed by atoms with Gasteiger partial charge in [-0.3, -0.25) is 9.59 Å². The molecule has 4 fully saturated rings. The summed E-state index contributed by atoms with van der Waals surface area (Å²) in [5.41, 5.74) is 0.182. The Balaban J connectivity index is 1.24. The number of amides is 1. The SMILES string of the molecule is C[C@]12CCC(=O)C=C1NC[C@@H]1[C@H]2CC[C@]2(C)C(C(=O)NC3(c4cccc(C(F)(F)F)c4)CCCC3)CC[C@@H]12. The molecule has 1 aromatic carbocycles. The van der Waals surface area contributed by atoms with Gasteiger partial charge in [0.2, 0.25) is 5.91 Å². The Labute approximate surface area is 223 Å². The van der Waals surface area contributed by atoms with Gasteiger partial charge in [0.25, 0.3) is 0 Å². The second-order valence-electron chi connectivity index (χ2n) is 13.2. The predicted octanol–water partition coefficient (Wildman–Crippen LogP) is 6.51. The maximum Gasteiger partial charge on any atom is 0.416 e. The molecule has 6 atom stereocenters. The standard InChI is InChI=1S/C31H39F3N2O2/c1-28-15-11-24-22(18-35-26-17-21(37)10-14-29(24,26)2)23(28)8-9-25(28)27(38)36-30(12-3-4-13-30)19-6-5-7-20(16-19)31(32,33)34/h5-7,16-17,22-25,35H,3-4,8-15,18H2,1-2H3,(H,36,38)/t22-,23-,24+,25?,28-,29+/m0/s1. The van der Waals surface area contributed by atoms with Crippen molar-refractivity contribution in [2.75, 3.05) is 6.54 Å². The first-order valence-corrected chi connectivity index (χ1v) is 14.4. The van der Waals surface area contributed by atoms with E-state index in [1.165, 1.54) is 12.1 Å². The highest BCUT2D eigenvalue weighted by atomic mass is 19.4. The molecule has 2 N–H and O–H groups in total. The lowest BCUT2D eigenvalue weighted by Crippen LogP contribution is -2.57. The van der Waals surface area contributed by atoms with Gasteiger partial charge in [0.1, 0.15) is 0 Å². The van der Waals surface area contributed by atoms with Gasteiger partial charge in [-0.05, 0) is 85.8 Å². The summed E-state index contributed by atoms with van der Waals surface area (Å²) in [4.78, 5) is 26.1. The van der Waals surface area contributed by atoms with Crippen LogP contribution in [0.15, 0.2) is 36.0 Å². The van der Waals surface area contributed by atoms with Crippen LogP contribution >= 0.6 is 0 Å². The quantitative estimate of drug-likeness (QED) is 0.471. The van der Waals surface area contributed by atoms with Crippen molar-refractivity contribution < 1.29 is 22.8 Å². The van der Waals surface area contributed by atoms with Crippen LogP contribution in [-0.4, -0.2) is 18.2 Å². The Morgan fingerprint density at radius 3 is 2.53 bits per heavy atom. The molecule has 206 valence electrons. The van der Waals surface area contributed by atoms with Crippen molar-refractivity contribution in [2.45, 2.75) is 89.8 Å². The minimum atomic E-state index is -4.41. The van der Waals surface area contributed by atoms with Gasteiger partial charge < -0.3 is 10.6 Å². The molecule has 4 aliphatic carbocycles. The average molecular weight is 529 g/mol. The van der Waals surface area contributed by atoms with Gasteiger partial charge in [-0.2, -0.15) is 13.2 Å². The van der Waals surface area contributed by atoms with Crippen molar-refractivity contribution in [1.82, 2.24) is 10.6 Å². The summed E-state index contributed by atoms with van der Waals surface area (Å²) < 4.78 is 40.5. The number of piperidine rings is 1. The molecule has 7 heteroatoms. The maximum atomic E-state index is 14.0. The number of benzene rings is 1. The normalized spacial score (nSPS) is 37.9. The molecule has 0 bridgehead atoms. The monoisotopic (exact) mass is 528 g/mol. The first kappa shape index (κ1) is 25.9. The lowest BCUT2D eigenvalue weighted by atomic mass is 9.50. The summed E-state index contributed by atoms with van der Waals surface area (Å²) in [6, 6.07) is 5.57. The van der Waals surface area contributed by atoms with Crippen molar-refractivity contribution in [1.29, 1.82) is 0 Å². The third-order valence-electron chi connectivity index (χ3n) is 11.5. The molecule has 1 aliphatic heterocycles. The van der Waals surface area contributed by atoms with Crippen LogP contribution in [0.1, 0.15) is 89.2 Å². The number of ketones is 1. The van der Waals surface area contributed by atoms with E-state index in [4.69, 9.17) is 0 Å². The van der Waals surface area contributed by atoms with E-state index in [-0.39, 0.29) is 28.4 Å². The zero-order valence-electron chi connectivity index (χ0n) is 22.4. The molecule has 0 radical (unpaired) electrons. The minimum absolute atomic E-state index is 0.00406. The summed E-state index contributed by atoms with van der Waals surface area (Å²) in [7, 11) is 0. The molecule has 6 rings (SSSR count). The fourth-order valence-electron chi connectivity index (χ4n) is 9.36. The Kier molecular flexibility index (Phi) is 6.04. The van der Waals surface area contributed by atoms with Crippen LogP contribution in [-0.2, 0) is 21.3 Å². The fourth-order valence-corrected chi connectivity index (χ4v) is 9.36. The second kappa shape index (κ2) is 8.85. The number of rotatable bonds is 3. The van der Waals surface area contributed by atoms with Crippen LogP contribution in [0.4, 0.5) is 13.2 Å². The van der Waals surface area contributed by atoms with Crippen molar-refractivity contribution in [3.63, 3.8) is 0 Å². The maximum absolute atomic E-state index is 14.0.